The number of alkyl carbamates (subject to hydrolysis) is 1. The Bertz CT molecular complexity index is 606. The number of nitrogens with one attached hydrogen (secondary N) is 1. The van der Waals surface area contributed by atoms with Gasteiger partial charge in [0.15, 0.2) is 0 Å². The molecule has 0 aliphatic rings. The number of hydrogen-bond donors (Lipinski definition) is 1. The average Bonchev–Trinajstić information content (AvgIpc) is 2.64. The van der Waals surface area contributed by atoms with E-state index in [0.717, 1.165) is 12.7 Å². The second-order valence-corrected chi connectivity index (χ2v) is 5.77. The van der Waals surface area contributed by atoms with Crippen molar-refractivity contribution in [3.8, 4) is 0 Å². The largest absolute Gasteiger partial charge is 0.467 e. The van der Waals surface area contributed by atoms with Crippen molar-refractivity contribution in [1.29, 1.82) is 0 Å². The third-order valence-electron chi connectivity index (χ3n) is 2.98. The van der Waals surface area contributed by atoms with Gasteiger partial charge in [-0.1, -0.05) is 42.1 Å². The molecule has 1 unspecified atom stereocenters. The number of benzene rings is 1. The number of ether oxygens (including phenoxy) is 3. The smallest absolute Gasteiger partial charge is 0.408 e. The van der Waals surface area contributed by atoms with E-state index in [1.807, 2.05) is 18.2 Å². The van der Waals surface area contributed by atoms with Crippen molar-refractivity contribution in [3.63, 3.8) is 0 Å². The van der Waals surface area contributed by atoms with E-state index in [1.54, 1.807) is 12.1 Å². The van der Waals surface area contributed by atoms with Crippen molar-refractivity contribution in [1.82, 2.24) is 5.32 Å². The molecule has 0 aliphatic carbocycles. The summed E-state index contributed by atoms with van der Waals surface area (Å²) in [4.78, 5) is 45.9. The second-order valence-electron chi connectivity index (χ2n) is 4.70. The zero-order valence-corrected chi connectivity index (χ0v) is 14.7. The maximum Gasteiger partial charge on any atom is 0.408 e. The molecule has 0 saturated carbocycles. The summed E-state index contributed by atoms with van der Waals surface area (Å²) in [5.41, 5.74) is 0.798. The summed E-state index contributed by atoms with van der Waals surface area (Å²) in [6, 6.07) is 8.04. The first kappa shape index (κ1) is 20.5. The van der Waals surface area contributed by atoms with Crippen LogP contribution >= 0.6 is 11.8 Å². The van der Waals surface area contributed by atoms with Crippen molar-refractivity contribution in [2.45, 2.75) is 19.1 Å². The van der Waals surface area contributed by atoms with E-state index in [9.17, 15) is 19.2 Å². The van der Waals surface area contributed by atoms with Crippen LogP contribution in [0.25, 0.3) is 0 Å². The maximum atomic E-state index is 11.8. The molecule has 0 aromatic heterocycles. The van der Waals surface area contributed by atoms with Crippen molar-refractivity contribution in [2.75, 3.05) is 20.0 Å². The van der Waals surface area contributed by atoms with E-state index in [2.05, 4.69) is 14.8 Å². The molecule has 0 saturated heterocycles. The number of hydrogen-bond acceptors (Lipinski definition) is 8. The van der Waals surface area contributed by atoms with E-state index < -0.39 is 29.2 Å². The number of carbonyl (C=O) groups excluding carboxylic acids is 4. The summed E-state index contributed by atoms with van der Waals surface area (Å²) in [6.07, 6.45) is -0.705. The van der Waals surface area contributed by atoms with E-state index in [1.165, 1.54) is 7.11 Å². The molecule has 0 aliphatic heterocycles. The molecule has 9 heteroatoms. The summed E-state index contributed by atoms with van der Waals surface area (Å²) in [7, 11) is 2.28. The van der Waals surface area contributed by atoms with Crippen LogP contribution in [0.1, 0.15) is 12.0 Å². The second kappa shape index (κ2) is 11.1. The van der Waals surface area contributed by atoms with Gasteiger partial charge in [0.2, 0.25) is 0 Å². The first-order valence-corrected chi connectivity index (χ1v) is 8.26. The molecular formula is C16H19NO7S. The minimum Gasteiger partial charge on any atom is -0.467 e. The number of thioether (sulfide) groups is 1. The predicted molar refractivity (Wildman–Crippen MR) is 89.7 cm³/mol. The van der Waals surface area contributed by atoms with Crippen LogP contribution in [0.4, 0.5) is 4.79 Å². The first-order chi connectivity index (χ1) is 12.0. The zero-order valence-electron chi connectivity index (χ0n) is 13.9. The molecule has 1 atom stereocenters. The highest BCUT2D eigenvalue weighted by Crippen LogP contribution is 2.09. The molecule has 0 heterocycles. The highest BCUT2D eigenvalue weighted by atomic mass is 32.2. The Labute approximate surface area is 149 Å². The lowest BCUT2D eigenvalue weighted by atomic mass is 10.2. The van der Waals surface area contributed by atoms with E-state index >= 15 is 0 Å². The van der Waals surface area contributed by atoms with Crippen LogP contribution in [-0.2, 0) is 35.2 Å². The fraction of sp³-hybridized carbons (Fsp3) is 0.375. The van der Waals surface area contributed by atoms with E-state index in [0.29, 0.717) is 11.8 Å². The standard InChI is InChI=1S/C16H19NO7S/c1-22-13(18)12(8-9-25-15(20)14(19)23-2)17-16(21)24-10-11-6-4-3-5-7-11/h3-7,12H,8-10H2,1-2H3,(H,17,21). The molecule has 1 rings (SSSR count). The fourth-order valence-corrected chi connectivity index (χ4v) is 2.45. The third kappa shape index (κ3) is 7.71. The molecule has 1 aromatic rings. The van der Waals surface area contributed by atoms with Crippen LogP contribution in [0.3, 0.4) is 0 Å². The van der Waals surface area contributed by atoms with Gasteiger partial charge in [0.25, 0.3) is 5.12 Å². The zero-order chi connectivity index (χ0) is 18.7. The van der Waals surface area contributed by atoms with Crippen molar-refractivity contribution < 1.29 is 33.4 Å². The summed E-state index contributed by atoms with van der Waals surface area (Å²) in [6.45, 7) is 0.0517. The minimum atomic E-state index is -0.994. The Kier molecular flexibility index (Phi) is 9.09. The van der Waals surface area contributed by atoms with Crippen molar-refractivity contribution >= 4 is 34.9 Å². The Morgan fingerprint density at radius 2 is 1.76 bits per heavy atom. The van der Waals surface area contributed by atoms with Gasteiger partial charge in [0, 0.05) is 5.75 Å². The number of rotatable bonds is 7. The summed E-state index contributed by atoms with van der Waals surface area (Å²) >= 11 is 0.689. The van der Waals surface area contributed by atoms with Crippen LogP contribution in [0.5, 0.6) is 0 Å². The van der Waals surface area contributed by atoms with Crippen molar-refractivity contribution in [2.24, 2.45) is 0 Å². The van der Waals surface area contributed by atoms with Crippen LogP contribution < -0.4 is 5.32 Å². The molecule has 0 bridgehead atoms. The molecule has 1 aromatic carbocycles. The van der Waals surface area contributed by atoms with Crippen molar-refractivity contribution in [3.05, 3.63) is 35.9 Å². The van der Waals surface area contributed by atoms with Gasteiger partial charge >= 0.3 is 18.0 Å². The van der Waals surface area contributed by atoms with E-state index in [-0.39, 0.29) is 18.8 Å². The molecule has 0 radical (unpaired) electrons. The van der Waals surface area contributed by atoms with Gasteiger partial charge in [-0.05, 0) is 12.0 Å². The van der Waals surface area contributed by atoms with Crippen LogP contribution in [-0.4, -0.2) is 49.2 Å². The molecular weight excluding hydrogens is 350 g/mol. The Morgan fingerprint density at radius 3 is 2.36 bits per heavy atom. The Morgan fingerprint density at radius 1 is 1.08 bits per heavy atom. The lowest BCUT2D eigenvalue weighted by Gasteiger charge is -2.16. The lowest BCUT2D eigenvalue weighted by molar-refractivity contribution is -0.147. The monoisotopic (exact) mass is 369 g/mol. The lowest BCUT2D eigenvalue weighted by Crippen LogP contribution is -2.42. The summed E-state index contributed by atoms with van der Waals surface area (Å²) < 4.78 is 13.9. The fourth-order valence-electron chi connectivity index (χ4n) is 1.71. The summed E-state index contributed by atoms with van der Waals surface area (Å²) in [5.74, 6) is -1.54. The number of methoxy groups -OCH3 is 2. The highest BCUT2D eigenvalue weighted by molar-refractivity contribution is 8.15. The highest BCUT2D eigenvalue weighted by Gasteiger charge is 2.23. The summed E-state index contributed by atoms with van der Waals surface area (Å²) in [5, 5.41) is 1.60. The molecule has 1 amide bonds. The van der Waals surface area contributed by atoms with E-state index in [4.69, 9.17) is 4.74 Å². The molecule has 25 heavy (non-hydrogen) atoms. The van der Waals surface area contributed by atoms with Gasteiger partial charge in [-0.2, -0.15) is 0 Å². The number of esters is 2. The van der Waals surface area contributed by atoms with Gasteiger partial charge in [-0.3, -0.25) is 4.79 Å². The SMILES string of the molecule is COC(=O)C(=O)SCCC(NC(=O)OCc1ccccc1)C(=O)OC. The van der Waals surface area contributed by atoms with Gasteiger partial charge in [0.05, 0.1) is 14.2 Å². The quantitative estimate of drug-likeness (QED) is 0.435. The Balaban J connectivity index is 2.46. The van der Waals surface area contributed by atoms with Gasteiger partial charge in [-0.15, -0.1) is 0 Å². The first-order valence-electron chi connectivity index (χ1n) is 7.28. The number of carbonyl (C=O) groups is 4. The normalized spacial score (nSPS) is 11.1. The Hall–Kier alpha value is -2.55. The van der Waals surface area contributed by atoms with Crippen LogP contribution in [0, 0.1) is 0 Å². The minimum absolute atomic E-state index is 0.0517. The maximum absolute atomic E-state index is 11.8. The predicted octanol–water partition coefficient (Wildman–Crippen LogP) is 1.28. The average molecular weight is 369 g/mol. The van der Waals surface area contributed by atoms with Gasteiger partial charge < -0.3 is 19.5 Å². The molecule has 136 valence electrons. The third-order valence-corrected chi connectivity index (χ3v) is 3.85. The van der Waals surface area contributed by atoms with Gasteiger partial charge in [-0.25, -0.2) is 14.4 Å². The molecule has 1 N–H and O–H groups in total. The number of amides is 1. The topological polar surface area (TPSA) is 108 Å². The molecule has 0 fully saturated rings. The van der Waals surface area contributed by atoms with Crippen LogP contribution in [0.2, 0.25) is 0 Å². The molecule has 8 nitrogen and oxygen atoms in total. The van der Waals surface area contributed by atoms with Crippen LogP contribution in [0.15, 0.2) is 30.3 Å². The molecule has 0 spiro atoms. The van der Waals surface area contributed by atoms with Gasteiger partial charge in [0.1, 0.15) is 12.6 Å².